The van der Waals surface area contributed by atoms with E-state index in [2.05, 4.69) is 4.98 Å². The third-order valence-electron chi connectivity index (χ3n) is 4.24. The van der Waals surface area contributed by atoms with E-state index in [0.29, 0.717) is 23.2 Å². The largest absolute Gasteiger partial charge is 0.619 e. The van der Waals surface area contributed by atoms with Crippen molar-refractivity contribution in [3.8, 4) is 5.75 Å². The average Bonchev–Trinajstić information content (AvgIpc) is 3.09. The van der Waals surface area contributed by atoms with Crippen molar-refractivity contribution in [1.29, 1.82) is 0 Å². The Morgan fingerprint density at radius 2 is 2.19 bits per heavy atom. The first-order valence-corrected chi connectivity index (χ1v) is 10.1. The quantitative estimate of drug-likeness (QED) is 0.605. The second-order valence-electron chi connectivity index (χ2n) is 6.04. The minimum Gasteiger partial charge on any atom is -0.352 e. The Kier molecular flexibility index (Phi) is 4.92. The van der Waals surface area contributed by atoms with E-state index >= 15 is 0 Å². The molecule has 1 aromatic heterocycles. The lowest BCUT2D eigenvalue weighted by atomic mass is 10.2. The fourth-order valence-electron chi connectivity index (χ4n) is 2.92. The first kappa shape index (κ1) is 17.8. The van der Waals surface area contributed by atoms with Crippen molar-refractivity contribution >= 4 is 20.4 Å². The smallest absolute Gasteiger partial charge is 0.352 e. The minimum absolute atomic E-state index is 0.112. The van der Waals surface area contributed by atoms with E-state index in [1.165, 1.54) is 4.57 Å². The molecule has 0 aliphatic carbocycles. The monoisotopic (exact) mass is 397 g/mol. The summed E-state index contributed by atoms with van der Waals surface area (Å²) in [7, 11) is -3.42. The maximum atomic E-state index is 12.0. The molecule has 2 aliphatic rings. The molecule has 1 fully saturated rings. The molecule has 0 amide bonds. The second-order valence-corrected chi connectivity index (χ2v) is 8.12. The Morgan fingerprint density at radius 3 is 3.04 bits per heavy atom. The van der Waals surface area contributed by atoms with Crippen LogP contribution in [-0.4, -0.2) is 27.2 Å². The number of para-hydroxylation sites is 1. The summed E-state index contributed by atoms with van der Waals surface area (Å²) in [5.41, 5.74) is 0.546. The van der Waals surface area contributed by atoms with Gasteiger partial charge in [-0.15, -0.1) is 9.05 Å². The van der Waals surface area contributed by atoms with Gasteiger partial charge in [-0.05, 0) is 25.0 Å². The molecule has 1 saturated heterocycles. The van der Waals surface area contributed by atoms with Gasteiger partial charge in [0, 0.05) is 11.8 Å². The Morgan fingerprint density at radius 1 is 1.35 bits per heavy atom. The molecule has 3 heterocycles. The lowest BCUT2D eigenvalue weighted by Gasteiger charge is -2.22. The molecule has 138 valence electrons. The lowest BCUT2D eigenvalue weighted by molar-refractivity contribution is -0.0301. The fraction of sp³-hybridized carbons (Fsp3) is 0.375. The Balaban J connectivity index is 1.36. The van der Waals surface area contributed by atoms with E-state index < -0.39 is 14.4 Å². The standard InChI is InChI=1S/C16H17N2O6PS/c19-16-17-14(26)7-8-18(16)15-6-5-12(23-15)10-22-25(20)21-9-11-3-1-2-4-13(11)24-25/h1-4,7-8,12,15,20H,5-6,9-10H2/p+1. The van der Waals surface area contributed by atoms with Crippen LogP contribution in [0.3, 0.4) is 0 Å². The van der Waals surface area contributed by atoms with Gasteiger partial charge in [0.1, 0.15) is 24.1 Å². The van der Waals surface area contributed by atoms with Crippen LogP contribution in [-0.2, 0) is 20.4 Å². The van der Waals surface area contributed by atoms with E-state index in [0.717, 1.165) is 5.56 Å². The Bertz CT molecular complexity index is 918. The number of aromatic nitrogens is 2. The number of nitrogens with one attached hydrogen (secondary N) is 1. The molecular weight excluding hydrogens is 379 g/mol. The van der Waals surface area contributed by atoms with Crippen molar-refractivity contribution in [1.82, 2.24) is 9.55 Å². The fourth-order valence-corrected chi connectivity index (χ4v) is 4.33. The van der Waals surface area contributed by atoms with Gasteiger partial charge in [-0.25, -0.2) is 4.79 Å². The first-order valence-electron chi connectivity index (χ1n) is 8.18. The van der Waals surface area contributed by atoms with Gasteiger partial charge in [0.25, 0.3) is 0 Å². The van der Waals surface area contributed by atoms with Crippen LogP contribution < -0.4 is 10.2 Å². The van der Waals surface area contributed by atoms with Crippen molar-refractivity contribution in [3.05, 3.63) is 57.2 Å². The number of nitrogens with zero attached hydrogens (tertiary/aromatic N) is 1. The Hall–Kier alpha value is -1.61. The van der Waals surface area contributed by atoms with Crippen LogP contribution in [0.25, 0.3) is 0 Å². The number of hydrogen-bond acceptors (Lipinski definition) is 7. The van der Waals surface area contributed by atoms with Crippen molar-refractivity contribution in [2.45, 2.75) is 31.8 Å². The molecule has 10 heteroatoms. The molecular formula is C16H18N2O6PS+. The zero-order chi connectivity index (χ0) is 18.1. The summed E-state index contributed by atoms with van der Waals surface area (Å²) < 4.78 is 24.1. The summed E-state index contributed by atoms with van der Waals surface area (Å²) in [4.78, 5) is 25.0. The van der Waals surface area contributed by atoms with Crippen LogP contribution in [0.2, 0.25) is 0 Å². The topological polar surface area (TPSA) is 94.9 Å². The highest BCUT2D eigenvalue weighted by molar-refractivity contribution is 7.71. The van der Waals surface area contributed by atoms with Crippen molar-refractivity contribution < 1.29 is 23.2 Å². The average molecular weight is 397 g/mol. The molecule has 26 heavy (non-hydrogen) atoms. The molecule has 2 aliphatic heterocycles. The number of fused-ring (bicyclic) bond motifs is 1. The van der Waals surface area contributed by atoms with Gasteiger partial charge in [-0.2, -0.15) is 4.89 Å². The number of benzene rings is 1. The number of ether oxygens (including phenoxy) is 1. The summed E-state index contributed by atoms with van der Waals surface area (Å²) in [5.74, 6) is 0.561. The predicted octanol–water partition coefficient (Wildman–Crippen LogP) is 2.88. The van der Waals surface area contributed by atoms with Crippen molar-refractivity contribution in [2.75, 3.05) is 6.61 Å². The maximum Gasteiger partial charge on any atom is 0.619 e. The van der Waals surface area contributed by atoms with E-state index in [1.807, 2.05) is 18.2 Å². The van der Waals surface area contributed by atoms with Crippen LogP contribution in [0.4, 0.5) is 0 Å². The molecule has 8 nitrogen and oxygen atoms in total. The SMILES string of the molecule is O=c1[nH]c(=S)ccn1C1CCC(CO[P+]2(O)OCc3ccccc3O2)O1. The van der Waals surface area contributed by atoms with E-state index in [-0.39, 0.29) is 25.0 Å². The molecule has 0 radical (unpaired) electrons. The van der Waals surface area contributed by atoms with Gasteiger partial charge in [-0.3, -0.25) is 14.1 Å². The molecule has 0 spiro atoms. The third-order valence-corrected chi connectivity index (χ3v) is 5.84. The van der Waals surface area contributed by atoms with Crippen LogP contribution in [0.5, 0.6) is 5.75 Å². The summed E-state index contributed by atoms with van der Waals surface area (Å²) in [6, 6.07) is 8.97. The number of hydrogen-bond donors (Lipinski definition) is 2. The van der Waals surface area contributed by atoms with Gasteiger partial charge in [-0.1, -0.05) is 30.4 Å². The van der Waals surface area contributed by atoms with Gasteiger partial charge in [0.05, 0.1) is 6.10 Å². The van der Waals surface area contributed by atoms with Crippen molar-refractivity contribution in [2.24, 2.45) is 0 Å². The molecule has 3 unspecified atom stereocenters. The van der Waals surface area contributed by atoms with Gasteiger partial charge in [0.2, 0.25) is 0 Å². The second kappa shape index (κ2) is 7.19. The van der Waals surface area contributed by atoms with Crippen LogP contribution in [0.1, 0.15) is 24.6 Å². The molecule has 0 saturated carbocycles. The Labute approximate surface area is 155 Å². The van der Waals surface area contributed by atoms with E-state index in [1.54, 1.807) is 18.3 Å². The summed E-state index contributed by atoms with van der Waals surface area (Å²) in [5, 5.41) is 0. The van der Waals surface area contributed by atoms with E-state index in [4.69, 9.17) is 30.5 Å². The molecule has 3 atom stereocenters. The maximum absolute atomic E-state index is 12.0. The van der Waals surface area contributed by atoms with Crippen LogP contribution in [0, 0.1) is 4.64 Å². The predicted molar refractivity (Wildman–Crippen MR) is 96.0 cm³/mol. The first-order chi connectivity index (χ1) is 12.5. The van der Waals surface area contributed by atoms with Crippen LogP contribution >= 0.6 is 20.4 Å². The number of aromatic amines is 1. The molecule has 1 aromatic carbocycles. The normalized spacial score (nSPS) is 27.7. The third kappa shape index (κ3) is 3.73. The molecule has 2 N–H and O–H groups in total. The van der Waals surface area contributed by atoms with Crippen molar-refractivity contribution in [3.63, 3.8) is 0 Å². The molecule has 4 rings (SSSR count). The van der Waals surface area contributed by atoms with Gasteiger partial charge >= 0.3 is 13.9 Å². The lowest BCUT2D eigenvalue weighted by Crippen LogP contribution is -2.27. The summed E-state index contributed by atoms with van der Waals surface area (Å²) >= 11 is 4.93. The zero-order valence-electron chi connectivity index (χ0n) is 13.7. The van der Waals surface area contributed by atoms with E-state index in [9.17, 15) is 9.69 Å². The summed E-state index contributed by atoms with van der Waals surface area (Å²) in [6.07, 6.45) is 2.27. The highest BCUT2D eigenvalue weighted by Gasteiger charge is 2.51. The molecule has 0 bridgehead atoms. The van der Waals surface area contributed by atoms with Gasteiger partial charge < -0.3 is 4.74 Å². The highest BCUT2D eigenvalue weighted by Crippen LogP contribution is 2.61. The number of H-pyrrole nitrogens is 1. The highest BCUT2D eigenvalue weighted by atomic mass is 32.1. The zero-order valence-corrected chi connectivity index (χ0v) is 15.4. The summed E-state index contributed by atoms with van der Waals surface area (Å²) in [6.45, 7) is 0.341. The van der Waals surface area contributed by atoms with Crippen LogP contribution in [0.15, 0.2) is 41.3 Å². The molecule has 2 aromatic rings. The number of rotatable bonds is 4. The minimum atomic E-state index is -3.42. The van der Waals surface area contributed by atoms with Gasteiger partial charge in [0.15, 0.2) is 5.75 Å².